The van der Waals surface area contributed by atoms with Gasteiger partial charge in [-0.25, -0.2) is 0 Å². The molecule has 0 aliphatic carbocycles. The molecule has 1 aromatic rings. The number of nitrogens with two attached hydrogens (primary N) is 1. The Morgan fingerprint density at radius 3 is 2.44 bits per heavy atom. The van der Waals surface area contributed by atoms with Crippen LogP contribution in [0.1, 0.15) is 38.3 Å². The smallest absolute Gasteiger partial charge is 0.104 e. The predicted molar refractivity (Wildman–Crippen MR) is 82.7 cm³/mol. The molecule has 0 amide bonds. The fraction of sp³-hybridized carbons (Fsp3) is 0.533. The van der Waals surface area contributed by atoms with Crippen molar-refractivity contribution in [3.05, 3.63) is 35.4 Å². The Morgan fingerprint density at radius 1 is 1.28 bits per heavy atom. The zero-order valence-electron chi connectivity index (χ0n) is 11.8. The first-order valence-electron chi connectivity index (χ1n) is 6.49. The zero-order chi connectivity index (χ0) is 13.7. The van der Waals surface area contributed by atoms with Gasteiger partial charge in [-0.05, 0) is 31.9 Å². The van der Waals surface area contributed by atoms with Gasteiger partial charge in [0.2, 0.25) is 0 Å². The first kappa shape index (κ1) is 15.1. The standard InChI is InChI=1S/C15H24N2S/c1-11(2)9-12(3)17(4)10-13-7-5-6-8-14(13)15(16)18/h5-8,11-12H,9-10H2,1-4H3,(H2,16,18). The Kier molecular flexibility index (Phi) is 5.76. The molecule has 1 unspecified atom stereocenters. The van der Waals surface area contributed by atoms with E-state index in [0.29, 0.717) is 16.9 Å². The number of hydrogen-bond donors (Lipinski definition) is 1. The van der Waals surface area contributed by atoms with Crippen molar-refractivity contribution in [2.24, 2.45) is 11.7 Å². The van der Waals surface area contributed by atoms with Crippen LogP contribution >= 0.6 is 12.2 Å². The average molecular weight is 264 g/mol. The topological polar surface area (TPSA) is 29.3 Å². The lowest BCUT2D eigenvalue weighted by molar-refractivity contribution is 0.220. The first-order valence-corrected chi connectivity index (χ1v) is 6.90. The molecule has 3 heteroatoms. The van der Waals surface area contributed by atoms with Crippen LogP contribution in [-0.4, -0.2) is 23.0 Å². The fourth-order valence-corrected chi connectivity index (χ4v) is 2.38. The van der Waals surface area contributed by atoms with E-state index in [1.54, 1.807) is 0 Å². The summed E-state index contributed by atoms with van der Waals surface area (Å²) in [5.41, 5.74) is 7.97. The lowest BCUT2D eigenvalue weighted by atomic mass is 10.0. The summed E-state index contributed by atoms with van der Waals surface area (Å²) in [5.74, 6) is 0.716. The fourth-order valence-electron chi connectivity index (χ4n) is 2.19. The summed E-state index contributed by atoms with van der Waals surface area (Å²) in [6, 6.07) is 8.68. The van der Waals surface area contributed by atoms with Gasteiger partial charge >= 0.3 is 0 Å². The van der Waals surface area contributed by atoms with Crippen molar-refractivity contribution in [2.75, 3.05) is 7.05 Å². The summed E-state index contributed by atoms with van der Waals surface area (Å²) in [4.78, 5) is 2.84. The van der Waals surface area contributed by atoms with Crippen molar-refractivity contribution in [2.45, 2.75) is 39.8 Å². The van der Waals surface area contributed by atoms with Gasteiger partial charge in [0.05, 0.1) is 0 Å². The summed E-state index contributed by atoms with van der Waals surface area (Å²) < 4.78 is 0. The molecule has 2 nitrogen and oxygen atoms in total. The lowest BCUT2D eigenvalue weighted by Gasteiger charge is -2.27. The van der Waals surface area contributed by atoms with Crippen LogP contribution < -0.4 is 5.73 Å². The summed E-state index contributed by atoms with van der Waals surface area (Å²) >= 11 is 5.10. The largest absolute Gasteiger partial charge is 0.389 e. The molecular formula is C15H24N2S. The highest BCUT2D eigenvalue weighted by atomic mass is 32.1. The van der Waals surface area contributed by atoms with Gasteiger partial charge in [0.1, 0.15) is 4.99 Å². The van der Waals surface area contributed by atoms with Gasteiger partial charge in [0, 0.05) is 18.2 Å². The van der Waals surface area contributed by atoms with Gasteiger partial charge in [-0.2, -0.15) is 0 Å². The quantitative estimate of drug-likeness (QED) is 0.800. The van der Waals surface area contributed by atoms with Gasteiger partial charge < -0.3 is 5.73 Å². The molecule has 0 aromatic heterocycles. The Morgan fingerprint density at radius 2 is 1.89 bits per heavy atom. The van der Waals surface area contributed by atoms with E-state index in [2.05, 4.69) is 38.8 Å². The zero-order valence-corrected chi connectivity index (χ0v) is 12.6. The first-order chi connectivity index (χ1) is 8.41. The van der Waals surface area contributed by atoms with Gasteiger partial charge in [-0.3, -0.25) is 4.90 Å². The highest BCUT2D eigenvalue weighted by Gasteiger charge is 2.13. The van der Waals surface area contributed by atoms with Gasteiger partial charge in [0.15, 0.2) is 0 Å². The van der Waals surface area contributed by atoms with Gasteiger partial charge in [-0.15, -0.1) is 0 Å². The van der Waals surface area contributed by atoms with E-state index in [-0.39, 0.29) is 0 Å². The molecule has 1 atom stereocenters. The highest BCUT2D eigenvalue weighted by Crippen LogP contribution is 2.15. The number of thiocarbonyl (C=S) groups is 1. The van der Waals surface area contributed by atoms with E-state index in [0.717, 1.165) is 12.1 Å². The Balaban J connectivity index is 2.75. The summed E-state index contributed by atoms with van der Waals surface area (Å²) in [7, 11) is 2.16. The molecule has 0 spiro atoms. The van der Waals surface area contributed by atoms with Crippen LogP contribution in [0.5, 0.6) is 0 Å². The normalized spacial score (nSPS) is 13.0. The Labute approximate surface area is 116 Å². The molecule has 1 rings (SSSR count). The second-order valence-electron chi connectivity index (χ2n) is 5.42. The third kappa shape index (κ3) is 4.39. The Hall–Kier alpha value is -0.930. The van der Waals surface area contributed by atoms with E-state index in [1.807, 2.05) is 18.2 Å². The van der Waals surface area contributed by atoms with Crippen molar-refractivity contribution in [1.29, 1.82) is 0 Å². The van der Waals surface area contributed by atoms with E-state index in [1.165, 1.54) is 12.0 Å². The lowest BCUT2D eigenvalue weighted by Crippen LogP contribution is -2.30. The molecule has 0 heterocycles. The van der Waals surface area contributed by atoms with E-state index in [4.69, 9.17) is 18.0 Å². The van der Waals surface area contributed by atoms with Crippen molar-refractivity contribution in [1.82, 2.24) is 4.90 Å². The molecule has 0 aliphatic heterocycles. The van der Waals surface area contributed by atoms with E-state index in [9.17, 15) is 0 Å². The van der Waals surface area contributed by atoms with Crippen LogP contribution in [0.2, 0.25) is 0 Å². The molecule has 0 fully saturated rings. The van der Waals surface area contributed by atoms with Crippen LogP contribution in [0.15, 0.2) is 24.3 Å². The molecule has 0 saturated heterocycles. The van der Waals surface area contributed by atoms with Crippen LogP contribution in [0.25, 0.3) is 0 Å². The van der Waals surface area contributed by atoms with Crippen molar-refractivity contribution in [3.8, 4) is 0 Å². The third-order valence-electron chi connectivity index (χ3n) is 3.27. The molecule has 0 radical (unpaired) electrons. The number of rotatable bonds is 6. The minimum atomic E-state index is 0.482. The molecule has 0 saturated carbocycles. The molecule has 1 aromatic carbocycles. The summed E-state index contributed by atoms with van der Waals surface area (Å²) in [6.07, 6.45) is 1.20. The SMILES string of the molecule is CC(C)CC(C)N(C)Cc1ccccc1C(N)=S. The maximum Gasteiger partial charge on any atom is 0.104 e. The number of hydrogen-bond acceptors (Lipinski definition) is 2. The molecule has 0 bridgehead atoms. The van der Waals surface area contributed by atoms with Crippen LogP contribution in [0.4, 0.5) is 0 Å². The predicted octanol–water partition coefficient (Wildman–Crippen LogP) is 3.19. The highest BCUT2D eigenvalue weighted by molar-refractivity contribution is 7.80. The van der Waals surface area contributed by atoms with E-state index < -0.39 is 0 Å². The minimum absolute atomic E-state index is 0.482. The second kappa shape index (κ2) is 6.86. The van der Waals surface area contributed by atoms with Crippen molar-refractivity contribution >= 4 is 17.2 Å². The monoisotopic (exact) mass is 264 g/mol. The minimum Gasteiger partial charge on any atom is -0.389 e. The van der Waals surface area contributed by atoms with Gasteiger partial charge in [0.25, 0.3) is 0 Å². The third-order valence-corrected chi connectivity index (χ3v) is 3.49. The molecule has 100 valence electrons. The molecular weight excluding hydrogens is 240 g/mol. The second-order valence-corrected chi connectivity index (χ2v) is 5.85. The number of nitrogens with zero attached hydrogens (tertiary/aromatic N) is 1. The molecule has 18 heavy (non-hydrogen) atoms. The average Bonchev–Trinajstić information content (AvgIpc) is 2.28. The Bertz CT molecular complexity index is 401. The van der Waals surface area contributed by atoms with Crippen LogP contribution in [0.3, 0.4) is 0 Å². The maximum absolute atomic E-state index is 5.76. The van der Waals surface area contributed by atoms with Crippen LogP contribution in [0, 0.1) is 5.92 Å². The molecule has 0 aliphatic rings. The maximum atomic E-state index is 5.76. The van der Waals surface area contributed by atoms with Crippen molar-refractivity contribution in [3.63, 3.8) is 0 Å². The van der Waals surface area contributed by atoms with E-state index >= 15 is 0 Å². The van der Waals surface area contributed by atoms with Gasteiger partial charge in [-0.1, -0.05) is 50.3 Å². The summed E-state index contributed by atoms with van der Waals surface area (Å²) in [6.45, 7) is 7.67. The van der Waals surface area contributed by atoms with Crippen molar-refractivity contribution < 1.29 is 0 Å². The molecule has 2 N–H and O–H groups in total. The number of benzene rings is 1. The van der Waals surface area contributed by atoms with Crippen LogP contribution in [-0.2, 0) is 6.54 Å². The summed E-state index contributed by atoms with van der Waals surface area (Å²) in [5, 5.41) is 0.